The molecule has 0 radical (unpaired) electrons. The van der Waals surface area contributed by atoms with Crippen molar-refractivity contribution in [3.63, 3.8) is 0 Å². The molecule has 1 saturated heterocycles. The van der Waals surface area contributed by atoms with Crippen LogP contribution in [0.4, 0.5) is 10.5 Å². The number of ether oxygens (including phenoxy) is 1. The first-order chi connectivity index (χ1) is 13.0. The van der Waals surface area contributed by atoms with Crippen molar-refractivity contribution in [1.29, 1.82) is 0 Å². The van der Waals surface area contributed by atoms with Crippen LogP contribution in [0.15, 0.2) is 47.5 Å². The molecule has 0 atom stereocenters. The summed E-state index contributed by atoms with van der Waals surface area (Å²) in [6.07, 6.45) is 3.94. The lowest BCUT2D eigenvalue weighted by molar-refractivity contribution is -0.384. The van der Waals surface area contributed by atoms with Crippen LogP contribution in [0.5, 0.6) is 0 Å². The van der Waals surface area contributed by atoms with E-state index < -0.39 is 4.92 Å². The monoisotopic (exact) mass is 387 g/mol. The number of thioether (sulfide) groups is 1. The maximum Gasteiger partial charge on any atom is 0.293 e. The molecule has 0 unspecified atom stereocenters. The molecule has 1 aliphatic heterocycles. The molecular weight excluding hydrogens is 370 g/mol. The van der Waals surface area contributed by atoms with Crippen molar-refractivity contribution < 1.29 is 19.2 Å². The maximum atomic E-state index is 12.5. The van der Waals surface area contributed by atoms with Crippen LogP contribution in [-0.4, -0.2) is 45.8 Å². The first kappa shape index (κ1) is 18.9. The van der Waals surface area contributed by atoms with Crippen LogP contribution in [0, 0.1) is 10.1 Å². The van der Waals surface area contributed by atoms with Crippen LogP contribution in [0.2, 0.25) is 0 Å². The van der Waals surface area contributed by atoms with Crippen LogP contribution >= 0.6 is 11.8 Å². The van der Waals surface area contributed by atoms with E-state index in [4.69, 9.17) is 4.74 Å². The van der Waals surface area contributed by atoms with Crippen LogP contribution in [0.25, 0.3) is 11.8 Å². The third kappa shape index (κ3) is 4.09. The van der Waals surface area contributed by atoms with E-state index in [0.717, 1.165) is 11.8 Å². The number of imide groups is 1. The molecule has 1 aliphatic rings. The molecule has 0 aliphatic carbocycles. The Hall–Kier alpha value is -2.91. The van der Waals surface area contributed by atoms with Gasteiger partial charge >= 0.3 is 0 Å². The molecule has 0 spiro atoms. The second-order valence-electron chi connectivity index (χ2n) is 5.76. The van der Waals surface area contributed by atoms with E-state index >= 15 is 0 Å². The average Bonchev–Trinajstić information content (AvgIpc) is 3.22. The van der Waals surface area contributed by atoms with Crippen LogP contribution in [0.1, 0.15) is 12.1 Å². The van der Waals surface area contributed by atoms with E-state index in [1.165, 1.54) is 17.0 Å². The second kappa shape index (κ2) is 8.19. The zero-order valence-corrected chi connectivity index (χ0v) is 15.3. The van der Waals surface area contributed by atoms with Gasteiger partial charge in [-0.2, -0.15) is 0 Å². The highest BCUT2D eigenvalue weighted by Gasteiger charge is 2.34. The molecule has 0 bridgehead atoms. The van der Waals surface area contributed by atoms with Gasteiger partial charge in [-0.1, -0.05) is 6.07 Å². The highest BCUT2D eigenvalue weighted by atomic mass is 32.2. The van der Waals surface area contributed by atoms with Crippen molar-refractivity contribution >= 4 is 34.7 Å². The summed E-state index contributed by atoms with van der Waals surface area (Å²) in [5.41, 5.74) is 1.23. The van der Waals surface area contributed by atoms with Gasteiger partial charge in [0.25, 0.3) is 16.8 Å². The molecule has 9 heteroatoms. The fourth-order valence-electron chi connectivity index (χ4n) is 2.70. The van der Waals surface area contributed by atoms with Gasteiger partial charge in [0.15, 0.2) is 0 Å². The molecule has 1 aromatic heterocycles. The Morgan fingerprint density at radius 2 is 2.07 bits per heavy atom. The summed E-state index contributed by atoms with van der Waals surface area (Å²) in [6.45, 7) is 0.776. The van der Waals surface area contributed by atoms with E-state index in [9.17, 15) is 19.7 Å². The Kier molecular flexibility index (Phi) is 5.72. The van der Waals surface area contributed by atoms with Crippen molar-refractivity contribution in [3.05, 3.63) is 63.3 Å². The lowest BCUT2D eigenvalue weighted by atomic mass is 10.2. The van der Waals surface area contributed by atoms with Crippen LogP contribution in [0.3, 0.4) is 0 Å². The average molecular weight is 387 g/mol. The summed E-state index contributed by atoms with van der Waals surface area (Å²) in [7, 11) is 1.57. The first-order valence-corrected chi connectivity index (χ1v) is 8.99. The number of aromatic nitrogens is 1. The molecule has 8 nitrogen and oxygen atoms in total. The van der Waals surface area contributed by atoms with E-state index in [-0.39, 0.29) is 16.8 Å². The smallest absolute Gasteiger partial charge is 0.293 e. The number of hydrogen-bond acceptors (Lipinski definition) is 6. The summed E-state index contributed by atoms with van der Waals surface area (Å²) >= 11 is 0.886. The van der Waals surface area contributed by atoms with Gasteiger partial charge in [0, 0.05) is 44.3 Å². The number of nitro benzene ring substituents is 1. The van der Waals surface area contributed by atoms with Crippen molar-refractivity contribution in [2.75, 3.05) is 20.3 Å². The molecule has 1 aromatic carbocycles. The summed E-state index contributed by atoms with van der Waals surface area (Å²) in [6, 6.07) is 9.75. The summed E-state index contributed by atoms with van der Waals surface area (Å²) < 4.78 is 6.68. The zero-order valence-electron chi connectivity index (χ0n) is 14.5. The van der Waals surface area contributed by atoms with Crippen molar-refractivity contribution in [1.82, 2.24) is 9.47 Å². The minimum absolute atomic E-state index is 0.0226. The molecule has 140 valence electrons. The number of nitrogens with zero attached hydrogens (tertiary/aromatic N) is 3. The number of methoxy groups -OCH3 is 1. The topological polar surface area (TPSA) is 94.7 Å². The third-order valence-electron chi connectivity index (χ3n) is 3.98. The summed E-state index contributed by atoms with van der Waals surface area (Å²) in [5.74, 6) is -0.340. The highest BCUT2D eigenvalue weighted by molar-refractivity contribution is 8.18. The number of amides is 2. The number of carbonyl (C=O) groups excluding carboxylic acids is 2. The predicted octanol–water partition coefficient (Wildman–Crippen LogP) is 3.46. The molecule has 2 heterocycles. The minimum Gasteiger partial charge on any atom is -0.385 e. The van der Waals surface area contributed by atoms with Crippen LogP contribution < -0.4 is 0 Å². The lowest BCUT2D eigenvalue weighted by Crippen LogP contribution is -2.29. The molecule has 2 aromatic rings. The number of nitro groups is 1. The van der Waals surface area contributed by atoms with Gasteiger partial charge in [-0.3, -0.25) is 24.6 Å². The Balaban J connectivity index is 1.86. The van der Waals surface area contributed by atoms with Crippen molar-refractivity contribution in [2.45, 2.75) is 6.42 Å². The number of carbonyl (C=O) groups is 2. The first-order valence-electron chi connectivity index (χ1n) is 8.18. The number of hydrogen-bond donors (Lipinski definition) is 0. The third-order valence-corrected chi connectivity index (χ3v) is 4.89. The standard InChI is InChI=1S/C18H17N3O5S/c1-26-10-4-9-20-17(22)16(27-18(20)23)12-14-7-3-8-19(14)13-5-2-6-15(11-13)21(24)25/h2-3,5-8,11-12H,4,9-10H2,1H3/b16-12+. The SMILES string of the molecule is COCCCN1C(=O)S/C(=C/c2cccn2-c2cccc([N+](=O)[O-])c2)C1=O. The van der Waals surface area contributed by atoms with Gasteiger partial charge in [-0.25, -0.2) is 0 Å². The number of non-ortho nitro benzene ring substituents is 1. The van der Waals surface area contributed by atoms with Gasteiger partial charge in [0.2, 0.25) is 0 Å². The van der Waals surface area contributed by atoms with Gasteiger partial charge in [-0.05, 0) is 42.5 Å². The Morgan fingerprint density at radius 3 is 2.81 bits per heavy atom. The molecular formula is C18H17N3O5S. The normalized spacial score (nSPS) is 15.7. The van der Waals surface area contributed by atoms with Crippen molar-refractivity contribution in [3.8, 4) is 5.69 Å². The minimum atomic E-state index is -0.460. The lowest BCUT2D eigenvalue weighted by Gasteiger charge is -2.11. The van der Waals surface area contributed by atoms with E-state index in [2.05, 4.69) is 0 Å². The van der Waals surface area contributed by atoms with Gasteiger partial charge in [0.05, 0.1) is 15.5 Å². The largest absolute Gasteiger partial charge is 0.385 e. The fraction of sp³-hybridized carbons (Fsp3) is 0.222. The Bertz CT molecular complexity index is 921. The van der Waals surface area contributed by atoms with E-state index in [0.29, 0.717) is 35.9 Å². The molecule has 2 amide bonds. The molecule has 1 fully saturated rings. The van der Waals surface area contributed by atoms with Gasteiger partial charge in [-0.15, -0.1) is 0 Å². The summed E-state index contributed by atoms with van der Waals surface area (Å²) in [5, 5.41) is 10.7. The van der Waals surface area contributed by atoms with Crippen molar-refractivity contribution in [2.24, 2.45) is 0 Å². The quantitative estimate of drug-likeness (QED) is 0.312. The fourth-order valence-corrected chi connectivity index (χ4v) is 3.55. The zero-order chi connectivity index (χ0) is 19.4. The van der Waals surface area contributed by atoms with E-state index in [1.54, 1.807) is 48.2 Å². The molecule has 27 heavy (non-hydrogen) atoms. The molecule has 0 saturated carbocycles. The second-order valence-corrected chi connectivity index (χ2v) is 6.75. The van der Waals surface area contributed by atoms with Gasteiger partial charge < -0.3 is 9.30 Å². The van der Waals surface area contributed by atoms with Crippen LogP contribution in [-0.2, 0) is 9.53 Å². The predicted molar refractivity (Wildman–Crippen MR) is 102 cm³/mol. The molecule has 0 N–H and O–H groups in total. The molecule has 3 rings (SSSR count). The Morgan fingerprint density at radius 1 is 1.26 bits per heavy atom. The Labute approximate surface area is 159 Å². The maximum absolute atomic E-state index is 12.5. The number of rotatable bonds is 7. The van der Waals surface area contributed by atoms with E-state index in [1.807, 2.05) is 0 Å². The highest BCUT2D eigenvalue weighted by Crippen LogP contribution is 2.33. The number of benzene rings is 1. The van der Waals surface area contributed by atoms with Gasteiger partial charge in [0.1, 0.15) is 0 Å². The summed E-state index contributed by atoms with van der Waals surface area (Å²) in [4.78, 5) is 36.7.